The van der Waals surface area contributed by atoms with Crippen molar-refractivity contribution in [2.45, 2.75) is 33.0 Å². The fourth-order valence-corrected chi connectivity index (χ4v) is 2.20. The van der Waals surface area contributed by atoms with Gasteiger partial charge in [0.1, 0.15) is 0 Å². The minimum Gasteiger partial charge on any atom is -0.291 e. The summed E-state index contributed by atoms with van der Waals surface area (Å²) in [7, 11) is 0. The maximum absolute atomic E-state index is 6.04. The van der Waals surface area contributed by atoms with Crippen LogP contribution in [0.5, 0.6) is 0 Å². The third kappa shape index (κ3) is 4.34. The van der Waals surface area contributed by atoms with Gasteiger partial charge in [0.2, 0.25) is 0 Å². The summed E-state index contributed by atoms with van der Waals surface area (Å²) in [5.74, 6) is 0. The largest absolute Gasteiger partial charge is 0.291 e. The molecule has 0 aliphatic carbocycles. The molecule has 0 aliphatic rings. The summed E-state index contributed by atoms with van der Waals surface area (Å²) in [5.41, 5.74) is 2.33. The Kier molecular flexibility index (Phi) is 4.94. The third-order valence-electron chi connectivity index (χ3n) is 3.10. The van der Waals surface area contributed by atoms with Gasteiger partial charge in [-0.2, -0.15) is 0 Å². The van der Waals surface area contributed by atoms with Gasteiger partial charge >= 0.3 is 0 Å². The van der Waals surface area contributed by atoms with Crippen molar-refractivity contribution in [2.75, 3.05) is 0 Å². The highest BCUT2D eigenvalue weighted by Gasteiger charge is 2.11. The van der Waals surface area contributed by atoms with Crippen LogP contribution in [0.3, 0.4) is 0 Å². The van der Waals surface area contributed by atoms with Gasteiger partial charge in [0.15, 0.2) is 0 Å². The molecule has 0 amide bonds. The summed E-state index contributed by atoms with van der Waals surface area (Å²) in [6.07, 6.45) is 1.84. The van der Waals surface area contributed by atoms with E-state index in [0.29, 0.717) is 6.04 Å². The number of hydrogen-bond donors (Lipinski definition) is 0. The van der Waals surface area contributed by atoms with Crippen molar-refractivity contribution in [1.29, 1.82) is 0 Å². The van der Waals surface area contributed by atoms with Gasteiger partial charge in [-0.3, -0.25) is 9.88 Å². The first-order valence-electron chi connectivity index (χ1n) is 6.53. The lowest BCUT2D eigenvalue weighted by Gasteiger charge is -2.26. The second kappa shape index (κ2) is 6.69. The van der Waals surface area contributed by atoms with E-state index in [0.717, 1.165) is 23.8 Å². The van der Waals surface area contributed by atoms with E-state index in [-0.39, 0.29) is 0 Å². The lowest BCUT2D eigenvalue weighted by atomic mass is 10.2. The highest BCUT2D eigenvalue weighted by Crippen LogP contribution is 2.15. The quantitative estimate of drug-likeness (QED) is 0.814. The standard InChI is InChI=1S/C16H19ClN2/c1-13(2)19(12-16-8-3-4-9-18-16)11-14-6-5-7-15(17)10-14/h3-10,13H,11-12H2,1-2H3. The highest BCUT2D eigenvalue weighted by molar-refractivity contribution is 6.30. The molecule has 2 nitrogen and oxygen atoms in total. The Labute approximate surface area is 120 Å². The molecule has 0 aliphatic heterocycles. The van der Waals surface area contributed by atoms with Crippen LogP contribution in [0.15, 0.2) is 48.7 Å². The summed E-state index contributed by atoms with van der Waals surface area (Å²) in [6.45, 7) is 6.14. The lowest BCUT2D eigenvalue weighted by molar-refractivity contribution is 0.201. The fraction of sp³-hybridized carbons (Fsp3) is 0.312. The van der Waals surface area contributed by atoms with Crippen LogP contribution in [-0.4, -0.2) is 15.9 Å². The van der Waals surface area contributed by atoms with Crippen molar-refractivity contribution in [3.8, 4) is 0 Å². The van der Waals surface area contributed by atoms with Crippen LogP contribution in [0.2, 0.25) is 5.02 Å². The van der Waals surface area contributed by atoms with Crippen LogP contribution in [-0.2, 0) is 13.1 Å². The smallest absolute Gasteiger partial charge is 0.0544 e. The highest BCUT2D eigenvalue weighted by atomic mass is 35.5. The van der Waals surface area contributed by atoms with Crippen LogP contribution in [0.1, 0.15) is 25.1 Å². The molecule has 2 aromatic rings. The average Bonchev–Trinajstić information content (AvgIpc) is 2.39. The molecule has 1 heterocycles. The zero-order valence-corrected chi connectivity index (χ0v) is 12.1. The van der Waals surface area contributed by atoms with E-state index in [2.05, 4.69) is 35.9 Å². The molecule has 0 spiro atoms. The predicted molar refractivity (Wildman–Crippen MR) is 80.1 cm³/mol. The summed E-state index contributed by atoms with van der Waals surface area (Å²) >= 11 is 6.04. The number of aromatic nitrogens is 1. The first kappa shape index (κ1) is 14.0. The van der Waals surface area contributed by atoms with Crippen molar-refractivity contribution in [1.82, 2.24) is 9.88 Å². The Morgan fingerprint density at radius 3 is 2.58 bits per heavy atom. The molecule has 0 saturated carbocycles. The van der Waals surface area contributed by atoms with E-state index in [4.69, 9.17) is 11.6 Å². The number of rotatable bonds is 5. The minimum atomic E-state index is 0.459. The van der Waals surface area contributed by atoms with E-state index >= 15 is 0 Å². The lowest BCUT2D eigenvalue weighted by Crippen LogP contribution is -2.30. The summed E-state index contributed by atoms with van der Waals surface area (Å²) in [4.78, 5) is 6.78. The molecule has 0 saturated heterocycles. The monoisotopic (exact) mass is 274 g/mol. The van der Waals surface area contributed by atoms with Gasteiger partial charge in [0, 0.05) is 30.4 Å². The summed E-state index contributed by atoms with van der Waals surface area (Å²) < 4.78 is 0. The average molecular weight is 275 g/mol. The van der Waals surface area contributed by atoms with Crippen LogP contribution in [0.4, 0.5) is 0 Å². The topological polar surface area (TPSA) is 16.1 Å². The third-order valence-corrected chi connectivity index (χ3v) is 3.33. The molecule has 0 unspecified atom stereocenters. The van der Waals surface area contributed by atoms with Crippen LogP contribution < -0.4 is 0 Å². The Morgan fingerprint density at radius 2 is 1.95 bits per heavy atom. The van der Waals surface area contributed by atoms with E-state index in [9.17, 15) is 0 Å². The molecule has 2 rings (SSSR count). The maximum Gasteiger partial charge on any atom is 0.0544 e. The van der Waals surface area contributed by atoms with Gasteiger partial charge in [-0.25, -0.2) is 0 Å². The molecule has 0 N–H and O–H groups in total. The Bertz CT molecular complexity index is 511. The second-order valence-electron chi connectivity index (χ2n) is 4.95. The Hall–Kier alpha value is -1.38. The number of pyridine rings is 1. The van der Waals surface area contributed by atoms with Crippen LogP contribution in [0, 0.1) is 0 Å². The van der Waals surface area contributed by atoms with Crippen LogP contribution >= 0.6 is 11.6 Å². The molecule has 0 bridgehead atoms. The van der Waals surface area contributed by atoms with E-state index < -0.39 is 0 Å². The number of nitrogens with zero attached hydrogens (tertiary/aromatic N) is 2. The van der Waals surface area contributed by atoms with Crippen molar-refractivity contribution in [2.24, 2.45) is 0 Å². The van der Waals surface area contributed by atoms with Gasteiger partial charge in [0.05, 0.1) is 5.69 Å². The van der Waals surface area contributed by atoms with Crippen molar-refractivity contribution < 1.29 is 0 Å². The van der Waals surface area contributed by atoms with Gasteiger partial charge in [-0.1, -0.05) is 29.8 Å². The zero-order valence-electron chi connectivity index (χ0n) is 11.4. The number of halogens is 1. The fourth-order valence-electron chi connectivity index (χ4n) is 1.99. The molecule has 3 heteroatoms. The van der Waals surface area contributed by atoms with Crippen molar-refractivity contribution >= 4 is 11.6 Å². The number of hydrogen-bond acceptors (Lipinski definition) is 2. The molecular formula is C16H19ClN2. The molecule has 1 aromatic carbocycles. The molecule has 100 valence electrons. The van der Waals surface area contributed by atoms with E-state index in [1.807, 2.05) is 36.5 Å². The van der Waals surface area contributed by atoms with Crippen LogP contribution in [0.25, 0.3) is 0 Å². The molecule has 0 radical (unpaired) electrons. The molecule has 0 atom stereocenters. The van der Waals surface area contributed by atoms with Gasteiger partial charge in [0.25, 0.3) is 0 Å². The van der Waals surface area contributed by atoms with Gasteiger partial charge in [-0.05, 0) is 43.7 Å². The zero-order chi connectivity index (χ0) is 13.7. The SMILES string of the molecule is CC(C)N(Cc1cccc(Cl)c1)Cc1ccccn1. The molecule has 1 aromatic heterocycles. The second-order valence-corrected chi connectivity index (χ2v) is 5.39. The molecule has 0 fully saturated rings. The Balaban J connectivity index is 2.08. The van der Waals surface area contributed by atoms with E-state index in [1.165, 1.54) is 5.56 Å². The van der Waals surface area contributed by atoms with E-state index in [1.54, 1.807) is 0 Å². The van der Waals surface area contributed by atoms with Gasteiger partial charge in [-0.15, -0.1) is 0 Å². The summed E-state index contributed by atoms with van der Waals surface area (Å²) in [6, 6.07) is 14.5. The molecular weight excluding hydrogens is 256 g/mol. The maximum atomic E-state index is 6.04. The normalized spacial score (nSPS) is 11.2. The first-order chi connectivity index (χ1) is 9.15. The molecule has 19 heavy (non-hydrogen) atoms. The van der Waals surface area contributed by atoms with Gasteiger partial charge < -0.3 is 0 Å². The number of benzene rings is 1. The minimum absolute atomic E-state index is 0.459. The predicted octanol–water partition coefficient (Wildman–Crippen LogP) is 4.15. The summed E-state index contributed by atoms with van der Waals surface area (Å²) in [5, 5.41) is 0.791. The van der Waals surface area contributed by atoms with Crippen molar-refractivity contribution in [3.05, 3.63) is 64.9 Å². The Morgan fingerprint density at radius 1 is 1.11 bits per heavy atom. The van der Waals surface area contributed by atoms with Crippen molar-refractivity contribution in [3.63, 3.8) is 0 Å². The first-order valence-corrected chi connectivity index (χ1v) is 6.91.